The molecule has 2 saturated carbocycles. The molecule has 1 aromatic heterocycles. The minimum Gasteiger partial charge on any atom is -0.497 e. The zero-order chi connectivity index (χ0) is 39.6. The fraction of sp³-hybridized carbons (Fsp3) is 0.455. The standard InChI is InChI=1S/C44H51N5O7S/c1-55-32-18-21-35-38(24-32)46-37(30-13-7-4-8-14-30)26-40(35)56-33-25-39-41(50)47-44(43(52)48-57(53,54)34-19-20-34)23-22-29(27-44)12-6-2-3-11-17-36(42(51)49(39)28-33)45-31-15-9-5-10-16-31/h4-5,7-10,13-16,18,21,24,26,29,33-34,36,39,45H,2-3,6,11-12,17,19-20,22-23,25,27-28H2,1H3,(H,47,50)(H,48,52)/t29?,33-,36+,39+,44-/m1/s1. The highest BCUT2D eigenvalue weighted by molar-refractivity contribution is 7.91. The van der Waals surface area contributed by atoms with Crippen LogP contribution in [-0.4, -0.2) is 78.7 Å². The van der Waals surface area contributed by atoms with Crippen LogP contribution in [0.25, 0.3) is 22.2 Å². The predicted octanol–water partition coefficient (Wildman–Crippen LogP) is 6.36. The lowest BCUT2D eigenvalue weighted by Gasteiger charge is -2.33. The van der Waals surface area contributed by atoms with Gasteiger partial charge in [-0.25, -0.2) is 13.4 Å². The number of hydrogen-bond acceptors (Lipinski definition) is 9. The number of methoxy groups -OCH3 is 1. The van der Waals surface area contributed by atoms with Gasteiger partial charge in [-0.1, -0.05) is 80.6 Å². The Morgan fingerprint density at radius 1 is 0.895 bits per heavy atom. The number of para-hydroxylation sites is 1. The van der Waals surface area contributed by atoms with Crippen molar-refractivity contribution in [3.05, 3.63) is 84.9 Å². The minimum absolute atomic E-state index is 0.127. The van der Waals surface area contributed by atoms with Gasteiger partial charge < -0.3 is 25.0 Å². The van der Waals surface area contributed by atoms with E-state index < -0.39 is 50.8 Å². The van der Waals surface area contributed by atoms with E-state index in [2.05, 4.69) is 15.4 Å². The van der Waals surface area contributed by atoms with E-state index in [0.717, 1.165) is 48.7 Å². The number of anilines is 1. The third-order valence-electron chi connectivity index (χ3n) is 12.1. The maximum atomic E-state index is 14.8. The summed E-state index contributed by atoms with van der Waals surface area (Å²) in [7, 11) is -2.25. The quantitative estimate of drug-likeness (QED) is 0.176. The first-order valence-corrected chi connectivity index (χ1v) is 21.9. The van der Waals surface area contributed by atoms with Gasteiger partial charge in [-0.2, -0.15) is 0 Å². The molecule has 4 aromatic rings. The van der Waals surface area contributed by atoms with Gasteiger partial charge in [0, 0.05) is 35.2 Å². The predicted molar refractivity (Wildman–Crippen MR) is 218 cm³/mol. The van der Waals surface area contributed by atoms with Crippen LogP contribution in [0.5, 0.6) is 11.5 Å². The molecule has 13 heteroatoms. The van der Waals surface area contributed by atoms with Gasteiger partial charge in [0.2, 0.25) is 21.8 Å². The molecule has 5 atom stereocenters. The van der Waals surface area contributed by atoms with E-state index in [-0.39, 0.29) is 24.8 Å². The van der Waals surface area contributed by atoms with E-state index in [9.17, 15) is 22.8 Å². The Morgan fingerprint density at radius 3 is 2.37 bits per heavy atom. The van der Waals surface area contributed by atoms with Crippen LogP contribution in [0.4, 0.5) is 5.69 Å². The molecule has 300 valence electrons. The van der Waals surface area contributed by atoms with Gasteiger partial charge in [0.15, 0.2) is 0 Å². The van der Waals surface area contributed by atoms with Crippen molar-refractivity contribution in [2.45, 2.75) is 106 Å². The average Bonchev–Trinajstić information content (AvgIpc) is 3.89. The second kappa shape index (κ2) is 16.4. The van der Waals surface area contributed by atoms with Gasteiger partial charge in [-0.3, -0.25) is 19.1 Å². The zero-order valence-electron chi connectivity index (χ0n) is 32.3. The molecule has 0 radical (unpaired) electrons. The molecule has 4 fully saturated rings. The van der Waals surface area contributed by atoms with Crippen molar-refractivity contribution in [3.63, 3.8) is 0 Å². The number of nitrogens with one attached hydrogen (secondary N) is 3. The highest BCUT2D eigenvalue weighted by atomic mass is 32.2. The number of fused-ring (bicyclic) bond motifs is 4. The van der Waals surface area contributed by atoms with Gasteiger partial charge in [0.25, 0.3) is 5.91 Å². The van der Waals surface area contributed by atoms with Gasteiger partial charge in [0.05, 0.1) is 30.1 Å². The number of aromatic nitrogens is 1. The third-order valence-corrected chi connectivity index (χ3v) is 13.9. The summed E-state index contributed by atoms with van der Waals surface area (Å²) >= 11 is 0. The summed E-state index contributed by atoms with van der Waals surface area (Å²) in [6.45, 7) is 0.127. The molecule has 57 heavy (non-hydrogen) atoms. The molecule has 2 saturated heterocycles. The van der Waals surface area contributed by atoms with Gasteiger partial charge in [-0.15, -0.1) is 0 Å². The van der Waals surface area contributed by atoms with Crippen LogP contribution in [0.3, 0.4) is 0 Å². The first-order valence-electron chi connectivity index (χ1n) is 20.3. The van der Waals surface area contributed by atoms with E-state index >= 15 is 0 Å². The first kappa shape index (κ1) is 38.7. The molecule has 0 spiro atoms. The Kier molecular flexibility index (Phi) is 11.1. The zero-order valence-corrected chi connectivity index (χ0v) is 33.1. The second-order valence-electron chi connectivity index (χ2n) is 16.1. The van der Waals surface area contributed by atoms with Crippen LogP contribution in [-0.2, 0) is 24.4 Å². The second-order valence-corrected chi connectivity index (χ2v) is 18.1. The summed E-state index contributed by atoms with van der Waals surface area (Å²) in [5, 5.41) is 6.70. The van der Waals surface area contributed by atoms with E-state index in [0.29, 0.717) is 61.2 Å². The molecule has 3 N–H and O–H groups in total. The monoisotopic (exact) mass is 793 g/mol. The van der Waals surface area contributed by atoms with Crippen molar-refractivity contribution in [2.75, 3.05) is 19.0 Å². The van der Waals surface area contributed by atoms with Crippen LogP contribution in [0, 0.1) is 5.92 Å². The molecule has 1 unspecified atom stereocenters. The van der Waals surface area contributed by atoms with Crippen molar-refractivity contribution < 1.29 is 32.3 Å². The molecular weight excluding hydrogens is 743 g/mol. The van der Waals surface area contributed by atoms with E-state index in [1.807, 2.05) is 84.9 Å². The Labute approximate surface area is 334 Å². The van der Waals surface area contributed by atoms with E-state index in [4.69, 9.17) is 14.5 Å². The van der Waals surface area contributed by atoms with Crippen LogP contribution < -0.4 is 24.8 Å². The number of hydrogen-bond donors (Lipinski definition) is 3. The van der Waals surface area contributed by atoms with Crippen molar-refractivity contribution in [1.29, 1.82) is 0 Å². The van der Waals surface area contributed by atoms with Crippen molar-refractivity contribution in [1.82, 2.24) is 19.9 Å². The summed E-state index contributed by atoms with van der Waals surface area (Å²) in [5.74, 6) is -0.0405. The van der Waals surface area contributed by atoms with Gasteiger partial charge in [-0.05, 0) is 68.7 Å². The van der Waals surface area contributed by atoms with Crippen LogP contribution >= 0.6 is 0 Å². The number of carbonyl (C=O) groups is 3. The van der Waals surface area contributed by atoms with Crippen molar-refractivity contribution in [3.8, 4) is 22.8 Å². The Balaban J connectivity index is 1.14. The summed E-state index contributed by atoms with van der Waals surface area (Å²) in [6.07, 6.45) is 7.12. The van der Waals surface area contributed by atoms with E-state index in [1.54, 1.807) is 12.0 Å². The Bertz CT molecular complexity index is 2220. The first-order chi connectivity index (χ1) is 27.6. The van der Waals surface area contributed by atoms with Crippen molar-refractivity contribution >= 4 is 44.3 Å². The molecule has 12 nitrogen and oxygen atoms in total. The average molecular weight is 794 g/mol. The summed E-state index contributed by atoms with van der Waals surface area (Å²) in [4.78, 5) is 50.2. The normalized spacial score (nSPS) is 25.8. The molecule has 3 amide bonds. The summed E-state index contributed by atoms with van der Waals surface area (Å²) < 4.78 is 40.8. The molecule has 3 heterocycles. The van der Waals surface area contributed by atoms with Crippen molar-refractivity contribution in [2.24, 2.45) is 5.92 Å². The summed E-state index contributed by atoms with van der Waals surface area (Å²) in [6, 6.07) is 25.3. The van der Waals surface area contributed by atoms with Crippen LogP contribution in [0.2, 0.25) is 0 Å². The number of rotatable bonds is 9. The molecule has 8 rings (SSSR count). The van der Waals surface area contributed by atoms with Crippen LogP contribution in [0.15, 0.2) is 84.9 Å². The lowest BCUT2D eigenvalue weighted by Crippen LogP contribution is -2.62. The lowest BCUT2D eigenvalue weighted by atomic mass is 9.92. The summed E-state index contributed by atoms with van der Waals surface area (Å²) in [5.41, 5.74) is 1.66. The molecule has 2 aliphatic carbocycles. The van der Waals surface area contributed by atoms with Gasteiger partial charge >= 0.3 is 0 Å². The molecule has 4 aliphatic rings. The lowest BCUT2D eigenvalue weighted by molar-refractivity contribution is -0.141. The van der Waals surface area contributed by atoms with E-state index in [1.165, 1.54) is 0 Å². The third kappa shape index (κ3) is 8.58. The molecular formula is C44H51N5O7S. The number of amides is 3. The number of ether oxygens (including phenoxy) is 2. The number of pyridine rings is 1. The Morgan fingerprint density at radius 2 is 1.63 bits per heavy atom. The fourth-order valence-electron chi connectivity index (χ4n) is 8.82. The maximum absolute atomic E-state index is 14.8. The Hall–Kier alpha value is -5.17. The van der Waals surface area contributed by atoms with Crippen LogP contribution in [0.1, 0.15) is 77.0 Å². The van der Waals surface area contributed by atoms with Gasteiger partial charge in [0.1, 0.15) is 35.2 Å². The highest BCUT2D eigenvalue weighted by Gasteiger charge is 2.52. The number of sulfonamides is 1. The minimum atomic E-state index is -3.86. The maximum Gasteiger partial charge on any atom is 0.259 e. The fourth-order valence-corrected chi connectivity index (χ4v) is 10.2. The molecule has 2 bridgehead atoms. The number of carbonyl (C=O) groups excluding carboxylic acids is 3. The smallest absolute Gasteiger partial charge is 0.259 e. The topological polar surface area (TPSA) is 156 Å². The largest absolute Gasteiger partial charge is 0.497 e. The number of benzene rings is 3. The SMILES string of the molecule is COc1ccc2c(O[C@@H]3C[C@H]4C(=O)N[C@]5(C(=O)NS(=O)(=O)C6CC6)CCC(CCCCCC[C@H](Nc6ccccc6)C(=O)N4C3)C5)cc(-c3ccccc3)nc2c1. The number of nitrogens with zero attached hydrogens (tertiary/aromatic N) is 2. The molecule has 2 aliphatic heterocycles. The highest BCUT2D eigenvalue weighted by Crippen LogP contribution is 2.40. The molecule has 3 aromatic carbocycles.